The lowest BCUT2D eigenvalue weighted by atomic mass is 9.90. The van der Waals surface area contributed by atoms with Gasteiger partial charge in [0.05, 0.1) is 11.4 Å². The minimum absolute atomic E-state index is 0.117. The number of carboxylic acids is 1. The molecule has 0 aromatic heterocycles. The van der Waals surface area contributed by atoms with Crippen LogP contribution in [0.25, 0.3) is 0 Å². The molecule has 0 amide bonds. The molecule has 1 aromatic rings. The van der Waals surface area contributed by atoms with Gasteiger partial charge in [-0.1, -0.05) is 11.6 Å². The molecule has 0 bridgehead atoms. The summed E-state index contributed by atoms with van der Waals surface area (Å²) in [6.45, 7) is 2.92. The van der Waals surface area contributed by atoms with Gasteiger partial charge in [0.15, 0.2) is 11.5 Å². The minimum Gasteiger partial charge on any atom is -0.486 e. The molecule has 1 aromatic carbocycles. The summed E-state index contributed by atoms with van der Waals surface area (Å²) in [6.07, 6.45) is 1.84. The maximum atomic E-state index is 11.0. The van der Waals surface area contributed by atoms with E-state index in [-0.39, 0.29) is 11.8 Å². The van der Waals surface area contributed by atoms with Crippen LogP contribution in [0.3, 0.4) is 0 Å². The molecule has 0 saturated heterocycles. The molecule has 1 fully saturated rings. The Kier molecular flexibility index (Phi) is 2.86. The number of fused-ring (bicyclic) bond motifs is 1. The fourth-order valence-electron chi connectivity index (χ4n) is 2.70. The Balaban J connectivity index is 2.07. The van der Waals surface area contributed by atoms with Crippen LogP contribution in [0.15, 0.2) is 6.07 Å². The average Bonchev–Trinajstić information content (AvgIpc) is 3.13. The number of ether oxygens (including phenoxy) is 2. The summed E-state index contributed by atoms with van der Waals surface area (Å²) in [5.74, 6) is 0.576. The number of benzene rings is 1. The summed E-state index contributed by atoms with van der Waals surface area (Å²) < 4.78 is 11.2. The van der Waals surface area contributed by atoms with Crippen molar-refractivity contribution in [3.63, 3.8) is 0 Å². The molecule has 4 nitrogen and oxygen atoms in total. The largest absolute Gasteiger partial charge is 0.486 e. The van der Waals surface area contributed by atoms with Crippen molar-refractivity contribution in [3.05, 3.63) is 22.2 Å². The van der Waals surface area contributed by atoms with Gasteiger partial charge in [-0.25, -0.2) is 0 Å². The lowest BCUT2D eigenvalue weighted by molar-refractivity contribution is -0.137. The Bertz CT molecular complexity index is 549. The summed E-state index contributed by atoms with van der Waals surface area (Å²) in [5, 5.41) is 9.66. The molecule has 1 heterocycles. The monoisotopic (exact) mass is 282 g/mol. The molecule has 0 radical (unpaired) electrons. The Labute approximate surface area is 116 Å². The van der Waals surface area contributed by atoms with Gasteiger partial charge in [-0.05, 0) is 31.4 Å². The zero-order valence-electron chi connectivity index (χ0n) is 10.7. The van der Waals surface area contributed by atoms with Crippen molar-refractivity contribution in [2.45, 2.75) is 31.6 Å². The van der Waals surface area contributed by atoms with Gasteiger partial charge < -0.3 is 14.6 Å². The van der Waals surface area contributed by atoms with Crippen molar-refractivity contribution in [2.75, 3.05) is 13.2 Å². The van der Waals surface area contributed by atoms with Gasteiger partial charge in [0.25, 0.3) is 0 Å². The van der Waals surface area contributed by atoms with Crippen LogP contribution >= 0.6 is 11.6 Å². The highest BCUT2D eigenvalue weighted by atomic mass is 35.5. The predicted octanol–water partition coefficient (Wildman–Crippen LogP) is 2.93. The lowest BCUT2D eigenvalue weighted by Gasteiger charge is -2.25. The zero-order valence-corrected chi connectivity index (χ0v) is 11.4. The molecular formula is C14H15ClO4. The van der Waals surface area contributed by atoms with E-state index in [2.05, 4.69) is 0 Å². The van der Waals surface area contributed by atoms with E-state index in [9.17, 15) is 4.79 Å². The number of rotatable bonds is 3. The third-order valence-electron chi connectivity index (χ3n) is 3.91. The van der Waals surface area contributed by atoms with Crippen molar-refractivity contribution >= 4 is 17.6 Å². The van der Waals surface area contributed by atoms with E-state index >= 15 is 0 Å². The molecule has 5 heteroatoms. The van der Waals surface area contributed by atoms with E-state index < -0.39 is 5.97 Å². The molecule has 2 aliphatic rings. The first-order valence-corrected chi connectivity index (χ1v) is 6.72. The lowest BCUT2D eigenvalue weighted by Crippen LogP contribution is -2.19. The van der Waals surface area contributed by atoms with E-state index in [0.717, 1.165) is 24.0 Å². The van der Waals surface area contributed by atoms with Gasteiger partial charge in [-0.15, -0.1) is 0 Å². The Morgan fingerprint density at radius 3 is 2.74 bits per heavy atom. The van der Waals surface area contributed by atoms with Crippen molar-refractivity contribution in [1.82, 2.24) is 0 Å². The highest BCUT2D eigenvalue weighted by molar-refractivity contribution is 6.32. The van der Waals surface area contributed by atoms with Gasteiger partial charge in [-0.2, -0.15) is 0 Å². The van der Waals surface area contributed by atoms with Gasteiger partial charge >= 0.3 is 5.97 Å². The quantitative estimate of drug-likeness (QED) is 0.926. The van der Waals surface area contributed by atoms with E-state index in [1.54, 1.807) is 0 Å². The van der Waals surface area contributed by atoms with Gasteiger partial charge in [0, 0.05) is 11.0 Å². The molecule has 1 aliphatic carbocycles. The first kappa shape index (κ1) is 12.6. The Hall–Kier alpha value is -1.42. The van der Waals surface area contributed by atoms with E-state index in [1.165, 1.54) is 0 Å². The normalized spacial score (nSPS) is 19.1. The fraction of sp³-hybridized carbons (Fsp3) is 0.500. The van der Waals surface area contributed by atoms with Gasteiger partial charge in [-0.3, -0.25) is 4.79 Å². The van der Waals surface area contributed by atoms with Crippen LogP contribution in [-0.2, 0) is 10.2 Å². The smallest absolute Gasteiger partial charge is 0.304 e. The van der Waals surface area contributed by atoms with Crippen molar-refractivity contribution in [1.29, 1.82) is 0 Å². The van der Waals surface area contributed by atoms with E-state index in [4.69, 9.17) is 26.2 Å². The fourth-order valence-corrected chi connectivity index (χ4v) is 3.04. The summed E-state index contributed by atoms with van der Waals surface area (Å²) in [4.78, 5) is 11.0. The van der Waals surface area contributed by atoms with Gasteiger partial charge in [0.1, 0.15) is 13.2 Å². The predicted molar refractivity (Wildman–Crippen MR) is 70.3 cm³/mol. The maximum absolute atomic E-state index is 11.0. The van der Waals surface area contributed by atoms with E-state index in [1.807, 2.05) is 13.0 Å². The highest BCUT2D eigenvalue weighted by Crippen LogP contribution is 2.56. The van der Waals surface area contributed by atoms with Crippen LogP contribution in [-0.4, -0.2) is 24.3 Å². The second-order valence-corrected chi connectivity index (χ2v) is 5.62. The Morgan fingerprint density at radius 1 is 1.42 bits per heavy atom. The summed E-state index contributed by atoms with van der Waals surface area (Å²) in [7, 11) is 0. The van der Waals surface area contributed by atoms with Crippen LogP contribution in [0, 0.1) is 6.92 Å². The molecule has 0 spiro atoms. The molecule has 102 valence electrons. The standard InChI is InChI=1S/C14H15ClO4/c1-8-12(15)9(14(2-3-14)7-11(16)17)6-10-13(8)19-5-4-18-10/h6H,2-5,7H2,1H3,(H,16,17). The van der Waals surface area contributed by atoms with Crippen molar-refractivity contribution in [2.24, 2.45) is 0 Å². The number of carboxylic acid groups (broad SMARTS) is 1. The number of aliphatic carboxylic acids is 1. The first-order valence-electron chi connectivity index (χ1n) is 6.34. The number of carbonyl (C=O) groups is 1. The first-order chi connectivity index (χ1) is 9.03. The summed E-state index contributed by atoms with van der Waals surface area (Å²) >= 11 is 6.41. The molecule has 0 unspecified atom stereocenters. The molecule has 19 heavy (non-hydrogen) atoms. The molecule has 1 saturated carbocycles. The highest BCUT2D eigenvalue weighted by Gasteiger charge is 2.48. The SMILES string of the molecule is Cc1c(Cl)c(C2(CC(=O)O)CC2)cc2c1OCCO2. The second-order valence-electron chi connectivity index (χ2n) is 5.24. The zero-order chi connectivity index (χ0) is 13.6. The third-order valence-corrected chi connectivity index (χ3v) is 4.39. The Morgan fingerprint density at radius 2 is 2.11 bits per heavy atom. The third kappa shape index (κ3) is 2.04. The van der Waals surface area contributed by atoms with Crippen LogP contribution < -0.4 is 9.47 Å². The average molecular weight is 283 g/mol. The second kappa shape index (κ2) is 4.30. The molecule has 1 aliphatic heterocycles. The van der Waals surface area contributed by atoms with Crippen LogP contribution in [0.2, 0.25) is 5.02 Å². The van der Waals surface area contributed by atoms with Crippen LogP contribution in [0.5, 0.6) is 11.5 Å². The maximum Gasteiger partial charge on any atom is 0.304 e. The molecule has 0 atom stereocenters. The molecular weight excluding hydrogens is 268 g/mol. The van der Waals surface area contributed by atoms with E-state index in [0.29, 0.717) is 29.7 Å². The summed E-state index contributed by atoms with van der Waals surface area (Å²) in [6, 6.07) is 1.86. The number of hydrogen-bond donors (Lipinski definition) is 1. The van der Waals surface area contributed by atoms with Crippen LogP contribution in [0.4, 0.5) is 0 Å². The molecule has 1 N–H and O–H groups in total. The molecule has 3 rings (SSSR count). The number of halogens is 1. The van der Waals surface area contributed by atoms with Crippen molar-refractivity contribution < 1.29 is 19.4 Å². The van der Waals surface area contributed by atoms with Gasteiger partial charge in [0.2, 0.25) is 0 Å². The van der Waals surface area contributed by atoms with Crippen molar-refractivity contribution in [3.8, 4) is 11.5 Å². The summed E-state index contributed by atoms with van der Waals surface area (Å²) in [5.41, 5.74) is 1.41. The number of hydrogen-bond acceptors (Lipinski definition) is 3. The minimum atomic E-state index is -0.791. The topological polar surface area (TPSA) is 55.8 Å². The van der Waals surface area contributed by atoms with Crippen LogP contribution in [0.1, 0.15) is 30.4 Å².